The van der Waals surface area contributed by atoms with Gasteiger partial charge in [0.2, 0.25) is 11.9 Å². The summed E-state index contributed by atoms with van der Waals surface area (Å²) in [4.78, 5) is 8.28. The summed E-state index contributed by atoms with van der Waals surface area (Å²) in [6.07, 6.45) is 4.75. The maximum atomic E-state index is 5.84. The van der Waals surface area contributed by atoms with Gasteiger partial charge in [-0.25, -0.2) is 4.99 Å². The summed E-state index contributed by atoms with van der Waals surface area (Å²) in [5, 5.41) is 2.95. The number of nitrogens with two attached hydrogens (primary N) is 2. The van der Waals surface area contributed by atoms with E-state index < -0.39 is 0 Å². The van der Waals surface area contributed by atoms with Crippen LogP contribution in [0.4, 0.5) is 11.4 Å². The van der Waals surface area contributed by atoms with Crippen LogP contribution >= 0.6 is 0 Å². The number of ether oxygens (including phenoxy) is 1. The van der Waals surface area contributed by atoms with Gasteiger partial charge in [-0.2, -0.15) is 4.99 Å². The highest BCUT2D eigenvalue weighted by atomic mass is 16.5. The molecule has 6 heteroatoms. The summed E-state index contributed by atoms with van der Waals surface area (Å²) in [7, 11) is 0. The van der Waals surface area contributed by atoms with E-state index in [1.807, 2.05) is 54.6 Å². The lowest BCUT2D eigenvalue weighted by molar-refractivity contribution is 0.305. The molecule has 6 nitrogen and oxygen atoms in total. The molecule has 2 aromatic rings. The number of nitrogens with one attached hydrogen (secondary N) is 1. The highest BCUT2D eigenvalue weighted by Gasteiger charge is 1.98. The molecule has 138 valence electrons. The zero-order chi connectivity index (χ0) is 18.6. The van der Waals surface area contributed by atoms with Gasteiger partial charge in [-0.1, -0.05) is 44.4 Å². The van der Waals surface area contributed by atoms with Crippen molar-refractivity contribution < 1.29 is 4.74 Å². The van der Waals surface area contributed by atoms with Crippen molar-refractivity contribution in [3.8, 4) is 5.75 Å². The van der Waals surface area contributed by atoms with Gasteiger partial charge in [-0.05, 0) is 42.8 Å². The van der Waals surface area contributed by atoms with Crippen LogP contribution in [0.2, 0.25) is 0 Å². The molecule has 0 aliphatic heterocycles. The smallest absolute Gasteiger partial charge is 0.223 e. The number of benzene rings is 2. The third-order valence-corrected chi connectivity index (χ3v) is 3.63. The molecule has 0 radical (unpaired) electrons. The third-order valence-electron chi connectivity index (χ3n) is 3.63. The van der Waals surface area contributed by atoms with E-state index >= 15 is 0 Å². The van der Waals surface area contributed by atoms with Crippen molar-refractivity contribution in [1.82, 2.24) is 0 Å². The second kappa shape index (κ2) is 10.8. The van der Waals surface area contributed by atoms with Crippen LogP contribution in [-0.4, -0.2) is 18.5 Å². The predicted molar refractivity (Wildman–Crippen MR) is 109 cm³/mol. The largest absolute Gasteiger partial charge is 0.494 e. The Bertz CT molecular complexity index is 711. The lowest BCUT2D eigenvalue weighted by Gasteiger charge is -2.06. The van der Waals surface area contributed by atoms with Crippen molar-refractivity contribution in [2.24, 2.45) is 21.5 Å². The monoisotopic (exact) mass is 353 g/mol. The van der Waals surface area contributed by atoms with Crippen LogP contribution < -0.4 is 21.5 Å². The first kappa shape index (κ1) is 19.3. The van der Waals surface area contributed by atoms with E-state index in [9.17, 15) is 0 Å². The van der Waals surface area contributed by atoms with E-state index in [1.54, 1.807) is 0 Å². The molecule has 0 amide bonds. The molecule has 0 atom stereocenters. The minimum Gasteiger partial charge on any atom is -0.494 e. The van der Waals surface area contributed by atoms with Crippen molar-refractivity contribution in [3.63, 3.8) is 0 Å². The molecule has 2 aromatic carbocycles. The van der Waals surface area contributed by atoms with Crippen molar-refractivity contribution in [3.05, 3.63) is 54.6 Å². The van der Waals surface area contributed by atoms with Crippen molar-refractivity contribution in [1.29, 1.82) is 0 Å². The first-order chi connectivity index (χ1) is 12.7. The lowest BCUT2D eigenvalue weighted by atomic mass is 10.2. The summed E-state index contributed by atoms with van der Waals surface area (Å²) >= 11 is 0. The predicted octanol–water partition coefficient (Wildman–Crippen LogP) is 4.02. The number of hydrogen-bond donors (Lipinski definition) is 3. The molecule has 0 aliphatic rings. The zero-order valence-electron chi connectivity index (χ0n) is 15.2. The number of rotatable bonds is 8. The molecule has 0 aliphatic carbocycles. The first-order valence-corrected chi connectivity index (χ1v) is 8.90. The van der Waals surface area contributed by atoms with Gasteiger partial charge in [-0.3, -0.25) is 0 Å². The Kier molecular flexibility index (Phi) is 7.99. The highest BCUT2D eigenvalue weighted by molar-refractivity contribution is 6.01. The van der Waals surface area contributed by atoms with Gasteiger partial charge in [-0.15, -0.1) is 0 Å². The molecular formula is C20H27N5O. The summed E-state index contributed by atoms with van der Waals surface area (Å²) in [5.74, 6) is 1.09. The summed E-state index contributed by atoms with van der Waals surface area (Å²) in [5.41, 5.74) is 13.2. The van der Waals surface area contributed by atoms with Crippen LogP contribution in [0.3, 0.4) is 0 Å². The van der Waals surface area contributed by atoms with E-state index in [2.05, 4.69) is 22.2 Å². The van der Waals surface area contributed by atoms with Gasteiger partial charge in [0.05, 0.1) is 12.3 Å². The van der Waals surface area contributed by atoms with Crippen molar-refractivity contribution in [2.75, 3.05) is 11.9 Å². The average molecular weight is 353 g/mol. The normalized spacial score (nSPS) is 12.0. The van der Waals surface area contributed by atoms with E-state index in [0.29, 0.717) is 5.69 Å². The number of aliphatic imine (C=N–C) groups is 2. The number of guanidine groups is 2. The Hall–Kier alpha value is -3.02. The number of para-hydroxylation sites is 1. The Morgan fingerprint density at radius 2 is 1.69 bits per heavy atom. The number of nitrogens with zero attached hydrogens (tertiary/aromatic N) is 2. The molecular weight excluding hydrogens is 326 g/mol. The Morgan fingerprint density at radius 1 is 0.962 bits per heavy atom. The van der Waals surface area contributed by atoms with Crippen molar-refractivity contribution >= 4 is 23.3 Å². The lowest BCUT2D eigenvalue weighted by Crippen LogP contribution is -2.25. The Balaban J connectivity index is 1.86. The minimum absolute atomic E-state index is 0.0826. The molecule has 0 saturated carbocycles. The molecule has 26 heavy (non-hydrogen) atoms. The van der Waals surface area contributed by atoms with Gasteiger partial charge in [0.1, 0.15) is 5.75 Å². The average Bonchev–Trinajstić information content (AvgIpc) is 2.63. The highest BCUT2D eigenvalue weighted by Crippen LogP contribution is 2.18. The molecule has 2 rings (SSSR count). The number of unbranched alkanes of at least 4 members (excludes halogenated alkanes) is 3. The maximum absolute atomic E-state index is 5.84. The molecule has 0 fully saturated rings. The molecule has 0 unspecified atom stereocenters. The van der Waals surface area contributed by atoms with E-state index in [1.165, 1.54) is 19.3 Å². The standard InChI is InChI=1S/C20H27N5O/c1-2-3-4-8-15-26-18-13-11-17(12-14-18)24-20(22)25-19(21)23-16-9-6-5-7-10-16/h5-7,9-14H,2-4,8,15H2,1H3,(H5,21,22,23,24,25). The fourth-order valence-electron chi connectivity index (χ4n) is 2.31. The van der Waals surface area contributed by atoms with Crippen LogP contribution in [0, 0.1) is 0 Å². The van der Waals surface area contributed by atoms with Crippen molar-refractivity contribution in [2.45, 2.75) is 32.6 Å². The summed E-state index contributed by atoms with van der Waals surface area (Å²) in [6, 6.07) is 16.9. The molecule has 5 N–H and O–H groups in total. The number of anilines is 1. The SMILES string of the molecule is CCCCCCOc1ccc(N=C(N)/N=C(\N)Nc2ccccc2)cc1. The van der Waals surface area contributed by atoms with Crippen LogP contribution in [0.5, 0.6) is 5.75 Å². The molecule has 0 bridgehead atoms. The fraction of sp³-hybridized carbons (Fsp3) is 0.300. The Labute approximate surface area is 155 Å². The van der Waals surface area contributed by atoms with Gasteiger partial charge < -0.3 is 21.5 Å². The number of hydrogen-bond acceptors (Lipinski definition) is 2. The topological polar surface area (TPSA) is 98.0 Å². The van der Waals surface area contributed by atoms with E-state index in [4.69, 9.17) is 16.2 Å². The van der Waals surface area contributed by atoms with Gasteiger partial charge >= 0.3 is 0 Å². The Morgan fingerprint density at radius 3 is 2.38 bits per heavy atom. The quantitative estimate of drug-likeness (QED) is 0.379. The first-order valence-electron chi connectivity index (χ1n) is 8.90. The van der Waals surface area contributed by atoms with Crippen LogP contribution in [0.25, 0.3) is 0 Å². The molecule has 0 saturated heterocycles. The minimum atomic E-state index is 0.0826. The van der Waals surface area contributed by atoms with Gasteiger partial charge in [0, 0.05) is 5.69 Å². The zero-order valence-corrected chi connectivity index (χ0v) is 15.2. The fourth-order valence-corrected chi connectivity index (χ4v) is 2.31. The maximum Gasteiger partial charge on any atom is 0.223 e. The second-order valence-electron chi connectivity index (χ2n) is 5.86. The van der Waals surface area contributed by atoms with Crippen LogP contribution in [0.15, 0.2) is 64.6 Å². The van der Waals surface area contributed by atoms with Gasteiger partial charge in [0.25, 0.3) is 0 Å². The molecule has 0 aromatic heterocycles. The summed E-state index contributed by atoms with van der Waals surface area (Å²) in [6.45, 7) is 2.93. The second-order valence-corrected chi connectivity index (χ2v) is 5.86. The van der Waals surface area contributed by atoms with Crippen LogP contribution in [-0.2, 0) is 0 Å². The van der Waals surface area contributed by atoms with E-state index in [-0.39, 0.29) is 11.9 Å². The van der Waals surface area contributed by atoms with Crippen LogP contribution in [0.1, 0.15) is 32.6 Å². The molecule has 0 heterocycles. The van der Waals surface area contributed by atoms with Gasteiger partial charge in [0.15, 0.2) is 0 Å². The third kappa shape index (κ3) is 7.25. The molecule has 0 spiro atoms. The van der Waals surface area contributed by atoms with E-state index in [0.717, 1.165) is 24.5 Å². The summed E-state index contributed by atoms with van der Waals surface area (Å²) < 4.78 is 5.71.